The Kier molecular flexibility index (Phi) is 7.06. The SMILES string of the molecule is COc1ccccc1OCCCNC(=O)c1sc2ccccc2c1[C@H]1CN(C)CCO1. The first-order chi connectivity index (χ1) is 15.2. The van der Waals surface area contributed by atoms with Gasteiger partial charge < -0.3 is 24.4 Å². The number of methoxy groups -OCH3 is 1. The van der Waals surface area contributed by atoms with Crippen LogP contribution in [0.25, 0.3) is 10.1 Å². The lowest BCUT2D eigenvalue weighted by Gasteiger charge is -2.30. The molecular formula is C24H28N2O4S. The summed E-state index contributed by atoms with van der Waals surface area (Å²) in [4.78, 5) is 16.1. The average Bonchev–Trinajstić information content (AvgIpc) is 3.19. The van der Waals surface area contributed by atoms with Crippen molar-refractivity contribution in [2.24, 2.45) is 0 Å². The van der Waals surface area contributed by atoms with Crippen LogP contribution in [-0.2, 0) is 4.74 Å². The van der Waals surface area contributed by atoms with Crippen LogP contribution >= 0.6 is 11.3 Å². The van der Waals surface area contributed by atoms with E-state index in [1.165, 1.54) is 11.3 Å². The molecule has 0 aliphatic carbocycles. The van der Waals surface area contributed by atoms with Crippen molar-refractivity contribution >= 4 is 27.3 Å². The normalized spacial score (nSPS) is 16.9. The second-order valence-corrected chi connectivity index (χ2v) is 8.62. The number of morpholine rings is 1. The third-order valence-electron chi connectivity index (χ3n) is 5.36. The largest absolute Gasteiger partial charge is 0.493 e. The number of carbonyl (C=O) groups excluding carboxylic acids is 1. The Hall–Kier alpha value is -2.61. The van der Waals surface area contributed by atoms with Crippen molar-refractivity contribution in [3.8, 4) is 11.5 Å². The molecule has 1 N–H and O–H groups in total. The molecule has 164 valence electrons. The molecule has 0 radical (unpaired) electrons. The number of hydrogen-bond acceptors (Lipinski definition) is 6. The van der Waals surface area contributed by atoms with Crippen LogP contribution in [0.4, 0.5) is 0 Å². The van der Waals surface area contributed by atoms with Crippen molar-refractivity contribution in [3.05, 3.63) is 59.0 Å². The van der Waals surface area contributed by atoms with Crippen molar-refractivity contribution in [2.75, 3.05) is 47.0 Å². The topological polar surface area (TPSA) is 60.0 Å². The molecule has 1 aliphatic heterocycles. The highest BCUT2D eigenvalue weighted by Gasteiger charge is 2.28. The zero-order valence-corrected chi connectivity index (χ0v) is 18.7. The van der Waals surface area contributed by atoms with Gasteiger partial charge in [-0.1, -0.05) is 30.3 Å². The molecule has 7 heteroatoms. The van der Waals surface area contributed by atoms with Crippen molar-refractivity contribution in [1.82, 2.24) is 10.2 Å². The van der Waals surface area contributed by atoms with Crippen LogP contribution in [0.5, 0.6) is 11.5 Å². The minimum absolute atomic E-state index is 0.0506. The van der Waals surface area contributed by atoms with Gasteiger partial charge in [0.1, 0.15) is 0 Å². The zero-order chi connectivity index (χ0) is 21.6. The van der Waals surface area contributed by atoms with Crippen LogP contribution in [0, 0.1) is 0 Å². The molecule has 2 heterocycles. The van der Waals surface area contributed by atoms with E-state index in [0.717, 1.165) is 33.6 Å². The highest BCUT2D eigenvalue weighted by atomic mass is 32.1. The smallest absolute Gasteiger partial charge is 0.261 e. The molecule has 3 aromatic rings. The molecule has 1 atom stereocenters. The summed E-state index contributed by atoms with van der Waals surface area (Å²) in [6.45, 7) is 3.40. The van der Waals surface area contributed by atoms with Gasteiger partial charge in [-0.3, -0.25) is 4.79 Å². The first-order valence-electron chi connectivity index (χ1n) is 10.5. The zero-order valence-electron chi connectivity index (χ0n) is 17.9. The van der Waals surface area contributed by atoms with Gasteiger partial charge in [0.05, 0.1) is 31.3 Å². The number of amides is 1. The third kappa shape index (κ3) is 5.01. The van der Waals surface area contributed by atoms with Gasteiger partial charge in [0, 0.05) is 29.9 Å². The van der Waals surface area contributed by atoms with Crippen LogP contribution in [0.15, 0.2) is 48.5 Å². The van der Waals surface area contributed by atoms with Crippen molar-refractivity contribution < 1.29 is 19.0 Å². The number of para-hydroxylation sites is 2. The molecule has 6 nitrogen and oxygen atoms in total. The summed E-state index contributed by atoms with van der Waals surface area (Å²) in [6.07, 6.45) is 0.608. The number of nitrogens with zero attached hydrogens (tertiary/aromatic N) is 1. The maximum Gasteiger partial charge on any atom is 0.261 e. The van der Waals surface area contributed by atoms with Crippen LogP contribution in [0.2, 0.25) is 0 Å². The number of ether oxygens (including phenoxy) is 3. The summed E-state index contributed by atoms with van der Waals surface area (Å²) in [5.41, 5.74) is 1.01. The molecule has 31 heavy (non-hydrogen) atoms. The van der Waals surface area contributed by atoms with E-state index in [-0.39, 0.29) is 12.0 Å². The van der Waals surface area contributed by atoms with Crippen LogP contribution in [-0.4, -0.2) is 57.8 Å². The van der Waals surface area contributed by atoms with E-state index in [1.54, 1.807) is 7.11 Å². The van der Waals surface area contributed by atoms with E-state index in [4.69, 9.17) is 14.2 Å². The van der Waals surface area contributed by atoms with E-state index in [1.807, 2.05) is 36.4 Å². The summed E-state index contributed by atoms with van der Waals surface area (Å²) in [6, 6.07) is 15.7. The molecule has 4 rings (SSSR count). The van der Waals surface area contributed by atoms with Gasteiger partial charge >= 0.3 is 0 Å². The number of benzene rings is 2. The Morgan fingerprint density at radius 3 is 2.77 bits per heavy atom. The maximum atomic E-state index is 13.1. The van der Waals surface area contributed by atoms with Gasteiger partial charge in [-0.15, -0.1) is 11.3 Å². The standard InChI is InChI=1S/C24H28N2O4S/c1-26-13-15-30-20(16-26)22-17-8-3-6-11-21(17)31-23(22)24(27)25-12-7-14-29-19-10-5-4-9-18(19)28-2/h3-6,8-11,20H,7,12-16H2,1-2H3,(H,25,27)/t20-/m1/s1. The molecule has 0 spiro atoms. The van der Waals surface area contributed by atoms with Crippen molar-refractivity contribution in [1.29, 1.82) is 0 Å². The number of fused-ring (bicyclic) bond motifs is 1. The molecule has 1 fully saturated rings. The van der Waals surface area contributed by atoms with Crippen LogP contribution < -0.4 is 14.8 Å². The Labute approximate surface area is 186 Å². The lowest BCUT2D eigenvalue weighted by molar-refractivity contribution is -0.0202. The number of carbonyl (C=O) groups is 1. The lowest BCUT2D eigenvalue weighted by Crippen LogP contribution is -2.36. The fourth-order valence-corrected chi connectivity index (χ4v) is 4.95. The van der Waals surface area contributed by atoms with E-state index in [9.17, 15) is 4.79 Å². The number of thiophene rings is 1. The van der Waals surface area contributed by atoms with E-state index in [0.29, 0.717) is 37.7 Å². The molecule has 1 aliphatic rings. The predicted octanol–water partition coefficient (Wildman–Crippen LogP) is 4.11. The summed E-state index contributed by atoms with van der Waals surface area (Å²) in [5.74, 6) is 1.37. The maximum absolute atomic E-state index is 13.1. The molecule has 1 saturated heterocycles. The highest BCUT2D eigenvalue weighted by molar-refractivity contribution is 7.21. The molecular weight excluding hydrogens is 412 g/mol. The van der Waals surface area contributed by atoms with Crippen molar-refractivity contribution in [3.63, 3.8) is 0 Å². The first-order valence-corrected chi connectivity index (χ1v) is 11.3. The Balaban J connectivity index is 1.40. The molecule has 0 unspecified atom stereocenters. The Bertz CT molecular complexity index is 1040. The number of likely N-dealkylation sites (N-methyl/N-ethyl adjacent to an activating group) is 1. The summed E-state index contributed by atoms with van der Waals surface area (Å²) in [7, 11) is 3.71. The summed E-state index contributed by atoms with van der Waals surface area (Å²) >= 11 is 1.53. The van der Waals surface area contributed by atoms with Crippen LogP contribution in [0.3, 0.4) is 0 Å². The second kappa shape index (κ2) is 10.1. The minimum atomic E-state index is -0.0930. The van der Waals surface area contributed by atoms with Gasteiger partial charge in [0.2, 0.25) is 0 Å². The summed E-state index contributed by atoms with van der Waals surface area (Å²) < 4.78 is 18.3. The predicted molar refractivity (Wildman–Crippen MR) is 123 cm³/mol. The number of hydrogen-bond donors (Lipinski definition) is 1. The highest BCUT2D eigenvalue weighted by Crippen LogP contribution is 2.38. The van der Waals surface area contributed by atoms with Gasteiger partial charge in [-0.2, -0.15) is 0 Å². The van der Waals surface area contributed by atoms with Gasteiger partial charge in [0.15, 0.2) is 11.5 Å². The van der Waals surface area contributed by atoms with Crippen LogP contribution in [0.1, 0.15) is 27.8 Å². The second-order valence-electron chi connectivity index (χ2n) is 7.57. The van der Waals surface area contributed by atoms with Gasteiger partial charge in [-0.05, 0) is 37.1 Å². The third-order valence-corrected chi connectivity index (χ3v) is 6.55. The molecule has 1 amide bonds. The minimum Gasteiger partial charge on any atom is -0.493 e. The Morgan fingerprint density at radius 1 is 1.19 bits per heavy atom. The summed E-state index contributed by atoms with van der Waals surface area (Å²) in [5, 5.41) is 4.17. The van der Waals surface area contributed by atoms with E-state index in [2.05, 4.69) is 29.4 Å². The first kappa shape index (κ1) is 21.6. The average molecular weight is 441 g/mol. The van der Waals surface area contributed by atoms with Gasteiger partial charge in [0.25, 0.3) is 5.91 Å². The number of nitrogens with one attached hydrogen (secondary N) is 1. The van der Waals surface area contributed by atoms with E-state index < -0.39 is 0 Å². The lowest BCUT2D eigenvalue weighted by atomic mass is 10.0. The van der Waals surface area contributed by atoms with Crippen molar-refractivity contribution in [2.45, 2.75) is 12.5 Å². The molecule has 1 aromatic heterocycles. The molecule has 0 saturated carbocycles. The van der Waals surface area contributed by atoms with Gasteiger partial charge in [-0.25, -0.2) is 0 Å². The molecule has 0 bridgehead atoms. The van der Waals surface area contributed by atoms with E-state index >= 15 is 0 Å². The fraction of sp³-hybridized carbons (Fsp3) is 0.375. The Morgan fingerprint density at radius 2 is 1.97 bits per heavy atom. The number of rotatable bonds is 8. The quantitative estimate of drug-likeness (QED) is 0.534. The molecule has 2 aromatic carbocycles. The monoisotopic (exact) mass is 440 g/mol. The fourth-order valence-electron chi connectivity index (χ4n) is 3.78.